The van der Waals surface area contributed by atoms with Crippen LogP contribution in [0.5, 0.6) is 0 Å². The molecule has 1 fully saturated rings. The minimum Gasteiger partial charge on any atom is -0.229 e. The van der Waals surface area contributed by atoms with Gasteiger partial charge in [0.15, 0.2) is 9.84 Å². The zero-order valence-corrected chi connectivity index (χ0v) is 16.8. The summed E-state index contributed by atoms with van der Waals surface area (Å²) in [4.78, 5) is 0.161. The Labute approximate surface area is 148 Å². The van der Waals surface area contributed by atoms with E-state index in [4.69, 9.17) is 0 Å². The van der Waals surface area contributed by atoms with Crippen LogP contribution >= 0.6 is 31.9 Å². The van der Waals surface area contributed by atoms with Gasteiger partial charge in [-0.2, -0.15) is 4.31 Å². The molecule has 1 unspecified atom stereocenters. The van der Waals surface area contributed by atoms with Crippen LogP contribution in [-0.4, -0.2) is 45.2 Å². The normalized spacial score (nSPS) is 21.4. The highest BCUT2D eigenvalue weighted by molar-refractivity contribution is 9.11. The van der Waals surface area contributed by atoms with Crippen LogP contribution in [0.15, 0.2) is 32.0 Å². The fraction of sp³-hybridized carbons (Fsp3) is 0.538. The first-order valence-electron chi connectivity index (χ1n) is 6.84. The summed E-state index contributed by atoms with van der Waals surface area (Å²) in [5.41, 5.74) is 0. The Morgan fingerprint density at radius 1 is 1.32 bits per heavy atom. The van der Waals surface area contributed by atoms with Crippen molar-refractivity contribution in [1.82, 2.24) is 4.31 Å². The molecule has 0 saturated carbocycles. The molecular weight excluding hydrogens is 458 g/mol. The monoisotopic (exact) mass is 473 g/mol. The Balaban J connectivity index is 2.42. The van der Waals surface area contributed by atoms with E-state index in [0.29, 0.717) is 23.9 Å². The predicted molar refractivity (Wildman–Crippen MR) is 93.1 cm³/mol. The van der Waals surface area contributed by atoms with E-state index in [1.54, 1.807) is 12.1 Å². The van der Waals surface area contributed by atoms with Gasteiger partial charge in [-0.1, -0.05) is 22.9 Å². The molecule has 1 aromatic rings. The summed E-state index contributed by atoms with van der Waals surface area (Å²) >= 11 is 6.57. The van der Waals surface area contributed by atoms with E-state index < -0.39 is 25.9 Å². The van der Waals surface area contributed by atoms with Crippen molar-refractivity contribution in [1.29, 1.82) is 0 Å². The van der Waals surface area contributed by atoms with Crippen LogP contribution in [0.25, 0.3) is 0 Å². The molecule has 1 aliphatic heterocycles. The van der Waals surface area contributed by atoms with E-state index in [1.807, 2.05) is 6.92 Å². The van der Waals surface area contributed by atoms with Crippen LogP contribution in [0, 0.1) is 0 Å². The number of nitrogens with zero attached hydrogens (tertiary/aromatic N) is 1. The Bertz CT molecular complexity index is 762. The molecule has 1 aromatic carbocycles. The smallest absolute Gasteiger partial charge is 0.229 e. The van der Waals surface area contributed by atoms with Crippen LogP contribution in [0.2, 0.25) is 0 Å². The number of hydrogen-bond donors (Lipinski definition) is 0. The minimum absolute atomic E-state index is 0.0505. The number of rotatable bonds is 5. The average molecular weight is 475 g/mol. The fourth-order valence-corrected chi connectivity index (χ4v) is 7.81. The molecule has 0 aliphatic carbocycles. The number of hydrogen-bond acceptors (Lipinski definition) is 4. The topological polar surface area (TPSA) is 71.5 Å². The first-order valence-corrected chi connectivity index (χ1v) is 11.7. The third-order valence-corrected chi connectivity index (χ3v) is 8.71. The van der Waals surface area contributed by atoms with Crippen molar-refractivity contribution in [2.75, 3.05) is 18.1 Å². The third-order valence-electron chi connectivity index (χ3n) is 3.54. The number of sulfone groups is 1. The average Bonchev–Trinajstić information content (AvgIpc) is 2.75. The minimum atomic E-state index is -3.74. The summed E-state index contributed by atoms with van der Waals surface area (Å²) in [6.45, 7) is 2.19. The maximum absolute atomic E-state index is 12.9. The maximum atomic E-state index is 12.9. The number of benzene rings is 1. The molecule has 0 amide bonds. The molecular formula is C13H17Br2NO4S2. The molecule has 1 atom stereocenters. The van der Waals surface area contributed by atoms with Gasteiger partial charge in [-0.25, -0.2) is 16.8 Å². The first kappa shape index (κ1) is 18.4. The van der Waals surface area contributed by atoms with E-state index in [0.717, 1.165) is 4.47 Å². The van der Waals surface area contributed by atoms with Gasteiger partial charge in [0.05, 0.1) is 16.4 Å². The highest BCUT2D eigenvalue weighted by Crippen LogP contribution is 2.31. The predicted octanol–water partition coefficient (Wildman–Crippen LogP) is 2.80. The molecule has 5 nitrogen and oxygen atoms in total. The van der Waals surface area contributed by atoms with E-state index in [-0.39, 0.29) is 16.4 Å². The van der Waals surface area contributed by atoms with Crippen molar-refractivity contribution in [2.45, 2.75) is 30.7 Å². The molecule has 22 heavy (non-hydrogen) atoms. The Morgan fingerprint density at radius 2 is 2.00 bits per heavy atom. The quantitative estimate of drug-likeness (QED) is 0.657. The fourth-order valence-electron chi connectivity index (χ4n) is 2.53. The third kappa shape index (κ3) is 3.92. The second-order valence-corrected chi connectivity index (χ2v) is 11.1. The highest BCUT2D eigenvalue weighted by atomic mass is 79.9. The zero-order valence-electron chi connectivity index (χ0n) is 12.0. The SMILES string of the molecule is CCCN(C1CCS(=O)(=O)C1)S(=O)(=O)c1ccc(Br)cc1Br. The summed E-state index contributed by atoms with van der Waals surface area (Å²) < 4.78 is 51.8. The Hall–Kier alpha value is 0.0400. The van der Waals surface area contributed by atoms with Gasteiger partial charge in [-0.15, -0.1) is 0 Å². The molecule has 0 spiro atoms. The molecule has 1 heterocycles. The van der Waals surface area contributed by atoms with Gasteiger partial charge in [0, 0.05) is 21.5 Å². The van der Waals surface area contributed by atoms with Crippen LogP contribution < -0.4 is 0 Å². The van der Waals surface area contributed by atoms with E-state index in [2.05, 4.69) is 31.9 Å². The van der Waals surface area contributed by atoms with E-state index >= 15 is 0 Å². The van der Waals surface area contributed by atoms with Crippen molar-refractivity contribution in [3.63, 3.8) is 0 Å². The lowest BCUT2D eigenvalue weighted by Gasteiger charge is -2.27. The van der Waals surface area contributed by atoms with Crippen molar-refractivity contribution in [3.05, 3.63) is 27.1 Å². The van der Waals surface area contributed by atoms with Gasteiger partial charge in [-0.3, -0.25) is 0 Å². The summed E-state index contributed by atoms with van der Waals surface area (Å²) in [6, 6.07) is 4.37. The van der Waals surface area contributed by atoms with Crippen molar-refractivity contribution in [2.24, 2.45) is 0 Å². The zero-order chi connectivity index (χ0) is 16.5. The van der Waals surface area contributed by atoms with Crippen LogP contribution in [-0.2, 0) is 19.9 Å². The molecule has 0 bridgehead atoms. The summed E-state index contributed by atoms with van der Waals surface area (Å²) in [5.74, 6) is -0.0463. The Kier molecular flexibility index (Phi) is 5.75. The number of halogens is 2. The lowest BCUT2D eigenvalue weighted by atomic mass is 10.2. The van der Waals surface area contributed by atoms with Crippen LogP contribution in [0.3, 0.4) is 0 Å². The van der Waals surface area contributed by atoms with Crippen LogP contribution in [0.1, 0.15) is 19.8 Å². The molecule has 0 radical (unpaired) electrons. The van der Waals surface area contributed by atoms with Gasteiger partial charge >= 0.3 is 0 Å². The summed E-state index contributed by atoms with van der Waals surface area (Å²) in [5, 5.41) is 0. The molecule has 124 valence electrons. The molecule has 0 aromatic heterocycles. The molecule has 1 aliphatic rings. The molecule has 1 saturated heterocycles. The molecule has 0 N–H and O–H groups in total. The lowest BCUT2D eigenvalue weighted by Crippen LogP contribution is -2.41. The maximum Gasteiger partial charge on any atom is 0.244 e. The van der Waals surface area contributed by atoms with Gasteiger partial charge in [-0.05, 0) is 47.0 Å². The van der Waals surface area contributed by atoms with Gasteiger partial charge in [0.1, 0.15) is 0 Å². The lowest BCUT2D eigenvalue weighted by molar-refractivity contribution is 0.340. The van der Waals surface area contributed by atoms with Crippen molar-refractivity contribution < 1.29 is 16.8 Å². The largest absolute Gasteiger partial charge is 0.244 e. The van der Waals surface area contributed by atoms with Crippen molar-refractivity contribution >= 4 is 51.7 Å². The summed E-state index contributed by atoms with van der Waals surface area (Å²) in [6.07, 6.45) is 0.986. The van der Waals surface area contributed by atoms with Crippen molar-refractivity contribution in [3.8, 4) is 0 Å². The van der Waals surface area contributed by atoms with E-state index in [1.165, 1.54) is 10.4 Å². The summed E-state index contributed by atoms with van der Waals surface area (Å²) in [7, 11) is -6.89. The second-order valence-electron chi connectivity index (χ2n) is 5.25. The van der Waals surface area contributed by atoms with Crippen LogP contribution in [0.4, 0.5) is 0 Å². The highest BCUT2D eigenvalue weighted by Gasteiger charge is 2.38. The Morgan fingerprint density at radius 3 is 2.50 bits per heavy atom. The van der Waals surface area contributed by atoms with Gasteiger partial charge in [0.25, 0.3) is 0 Å². The second kappa shape index (κ2) is 6.88. The van der Waals surface area contributed by atoms with Gasteiger partial charge in [0.2, 0.25) is 10.0 Å². The van der Waals surface area contributed by atoms with E-state index in [9.17, 15) is 16.8 Å². The number of sulfonamides is 1. The standard InChI is InChI=1S/C13H17Br2NO4S2/c1-2-6-16(11-5-7-21(17,18)9-11)22(19,20)13-4-3-10(14)8-12(13)15/h3-4,8,11H,2,5-7,9H2,1H3. The molecule has 9 heteroatoms. The van der Waals surface area contributed by atoms with Gasteiger partial charge < -0.3 is 0 Å². The molecule has 2 rings (SSSR count). The first-order chi connectivity index (χ1) is 10.2.